The van der Waals surface area contributed by atoms with Gasteiger partial charge >= 0.3 is 0 Å². The predicted molar refractivity (Wildman–Crippen MR) is 84.5 cm³/mol. The molecule has 0 aromatic carbocycles. The molecule has 1 aromatic heterocycles. The van der Waals surface area contributed by atoms with E-state index in [4.69, 9.17) is 0 Å². The second kappa shape index (κ2) is 6.43. The second-order valence-electron chi connectivity index (χ2n) is 6.15. The quantitative estimate of drug-likeness (QED) is 0.888. The van der Waals surface area contributed by atoms with E-state index in [1.165, 1.54) is 19.3 Å². The van der Waals surface area contributed by atoms with Gasteiger partial charge in [0, 0.05) is 19.0 Å². The van der Waals surface area contributed by atoms with Gasteiger partial charge < -0.3 is 15.5 Å². The highest BCUT2D eigenvalue weighted by molar-refractivity contribution is 5.92. The molecule has 1 atom stereocenters. The number of carbonyl (C=O) groups excluding carboxylic acids is 1. The highest BCUT2D eigenvalue weighted by Gasteiger charge is 2.28. The van der Waals surface area contributed by atoms with Crippen LogP contribution in [0.3, 0.4) is 0 Å². The van der Waals surface area contributed by atoms with Crippen LogP contribution in [-0.4, -0.2) is 37.1 Å². The van der Waals surface area contributed by atoms with E-state index in [-0.39, 0.29) is 11.8 Å². The Balaban J connectivity index is 1.57. The van der Waals surface area contributed by atoms with Gasteiger partial charge in [-0.3, -0.25) is 4.79 Å². The highest BCUT2D eigenvalue weighted by Crippen LogP contribution is 2.21. The molecule has 3 rings (SSSR count). The Hall–Kier alpha value is -1.62. The molecule has 0 spiro atoms. The van der Waals surface area contributed by atoms with Gasteiger partial charge in [-0.1, -0.05) is 6.92 Å². The Morgan fingerprint density at radius 3 is 2.67 bits per heavy atom. The van der Waals surface area contributed by atoms with Crippen LogP contribution in [0.2, 0.25) is 0 Å². The third-order valence-corrected chi connectivity index (χ3v) is 4.63. The monoisotopic (exact) mass is 288 g/mol. The lowest BCUT2D eigenvalue weighted by Gasteiger charge is -2.31. The van der Waals surface area contributed by atoms with Gasteiger partial charge in [-0.15, -0.1) is 0 Å². The van der Waals surface area contributed by atoms with Crippen molar-refractivity contribution in [3.8, 4) is 0 Å². The van der Waals surface area contributed by atoms with Crippen LogP contribution in [0.25, 0.3) is 0 Å². The summed E-state index contributed by atoms with van der Waals surface area (Å²) in [6.07, 6.45) is 5.58. The highest BCUT2D eigenvalue weighted by atomic mass is 16.1. The fraction of sp³-hybridized carbons (Fsp3) is 0.625. The van der Waals surface area contributed by atoms with Crippen LogP contribution in [0.5, 0.6) is 0 Å². The Bertz CT molecular complexity index is 478. The van der Waals surface area contributed by atoms with E-state index in [1.807, 2.05) is 19.1 Å². The maximum absolute atomic E-state index is 12.2. The van der Waals surface area contributed by atoms with Crippen molar-refractivity contribution in [1.29, 1.82) is 0 Å². The van der Waals surface area contributed by atoms with Gasteiger partial charge in [0.2, 0.25) is 5.91 Å². The van der Waals surface area contributed by atoms with Gasteiger partial charge in [-0.25, -0.2) is 4.98 Å². The van der Waals surface area contributed by atoms with Gasteiger partial charge in [0.05, 0.1) is 11.9 Å². The van der Waals surface area contributed by atoms with Crippen molar-refractivity contribution in [2.75, 3.05) is 36.4 Å². The van der Waals surface area contributed by atoms with Crippen molar-refractivity contribution >= 4 is 17.4 Å². The zero-order chi connectivity index (χ0) is 14.7. The Morgan fingerprint density at radius 2 is 2.10 bits per heavy atom. The first-order valence-electron chi connectivity index (χ1n) is 7.96. The molecule has 1 aromatic rings. The second-order valence-corrected chi connectivity index (χ2v) is 6.15. The minimum absolute atomic E-state index is 0.0491. The number of amides is 1. The van der Waals surface area contributed by atoms with Gasteiger partial charge in [-0.05, 0) is 50.4 Å². The Labute approximate surface area is 126 Å². The maximum Gasteiger partial charge on any atom is 0.227 e. The zero-order valence-electron chi connectivity index (χ0n) is 12.6. The number of aromatic nitrogens is 1. The van der Waals surface area contributed by atoms with Crippen LogP contribution in [0.1, 0.15) is 26.2 Å². The summed E-state index contributed by atoms with van der Waals surface area (Å²) in [4.78, 5) is 19.0. The molecule has 0 bridgehead atoms. The van der Waals surface area contributed by atoms with Crippen LogP contribution < -0.4 is 15.5 Å². The lowest BCUT2D eigenvalue weighted by atomic mass is 9.88. The predicted octanol–water partition coefficient (Wildman–Crippen LogP) is 1.87. The standard InChI is InChI=1S/C16H24N4O/c1-12(13-9-17-10-13)16(21)19-14-5-6-15(18-11-14)20-7-3-2-4-8-20/h5-6,11-13,17H,2-4,7-10H2,1H3,(H,19,21). The largest absolute Gasteiger partial charge is 0.357 e. The first-order chi connectivity index (χ1) is 10.2. The third kappa shape index (κ3) is 3.35. The third-order valence-electron chi connectivity index (χ3n) is 4.63. The summed E-state index contributed by atoms with van der Waals surface area (Å²) in [7, 11) is 0. The van der Waals surface area contributed by atoms with Crippen molar-refractivity contribution < 1.29 is 4.79 Å². The molecule has 5 nitrogen and oxygen atoms in total. The van der Waals surface area contributed by atoms with E-state index < -0.39 is 0 Å². The average molecular weight is 288 g/mol. The summed E-state index contributed by atoms with van der Waals surface area (Å²) >= 11 is 0. The molecule has 0 radical (unpaired) electrons. The van der Waals surface area contributed by atoms with Crippen LogP contribution in [0, 0.1) is 11.8 Å². The number of nitrogens with zero attached hydrogens (tertiary/aromatic N) is 2. The Morgan fingerprint density at radius 1 is 1.33 bits per heavy atom. The molecule has 2 aliphatic rings. The number of pyridine rings is 1. The van der Waals surface area contributed by atoms with E-state index in [1.54, 1.807) is 6.20 Å². The molecule has 2 aliphatic heterocycles. The topological polar surface area (TPSA) is 57.3 Å². The molecule has 2 saturated heterocycles. The molecule has 1 amide bonds. The molecule has 114 valence electrons. The fourth-order valence-corrected chi connectivity index (χ4v) is 2.90. The number of hydrogen-bond donors (Lipinski definition) is 2. The molecule has 3 heterocycles. The van der Waals surface area contributed by atoms with Crippen LogP contribution in [-0.2, 0) is 4.79 Å². The summed E-state index contributed by atoms with van der Waals surface area (Å²) in [5, 5.41) is 6.18. The zero-order valence-corrected chi connectivity index (χ0v) is 12.6. The molecular formula is C16H24N4O. The molecule has 0 aliphatic carbocycles. The number of nitrogens with one attached hydrogen (secondary N) is 2. The number of anilines is 2. The summed E-state index contributed by atoms with van der Waals surface area (Å²) in [5.74, 6) is 1.62. The smallest absolute Gasteiger partial charge is 0.227 e. The first-order valence-corrected chi connectivity index (χ1v) is 7.96. The number of piperidine rings is 1. The van der Waals surface area contributed by atoms with E-state index in [0.717, 1.165) is 37.7 Å². The molecule has 2 fully saturated rings. The number of hydrogen-bond acceptors (Lipinski definition) is 4. The molecular weight excluding hydrogens is 264 g/mol. The van der Waals surface area contributed by atoms with E-state index >= 15 is 0 Å². The van der Waals surface area contributed by atoms with Crippen molar-refractivity contribution in [2.24, 2.45) is 11.8 Å². The maximum atomic E-state index is 12.2. The van der Waals surface area contributed by atoms with Crippen molar-refractivity contribution in [2.45, 2.75) is 26.2 Å². The van der Waals surface area contributed by atoms with Crippen LogP contribution in [0.15, 0.2) is 18.3 Å². The van der Waals surface area contributed by atoms with Gasteiger partial charge in [0.1, 0.15) is 5.82 Å². The average Bonchev–Trinajstić information content (AvgIpc) is 2.47. The van der Waals surface area contributed by atoms with E-state index in [9.17, 15) is 4.79 Å². The minimum Gasteiger partial charge on any atom is -0.357 e. The number of rotatable bonds is 4. The lowest BCUT2D eigenvalue weighted by Crippen LogP contribution is -2.48. The summed E-state index contributed by atoms with van der Waals surface area (Å²) < 4.78 is 0. The Kier molecular flexibility index (Phi) is 4.39. The fourth-order valence-electron chi connectivity index (χ4n) is 2.90. The molecule has 0 saturated carbocycles. The minimum atomic E-state index is 0.0491. The van der Waals surface area contributed by atoms with Crippen molar-refractivity contribution in [1.82, 2.24) is 10.3 Å². The van der Waals surface area contributed by atoms with E-state index in [2.05, 4.69) is 20.5 Å². The van der Waals surface area contributed by atoms with Gasteiger partial charge in [0.15, 0.2) is 0 Å². The van der Waals surface area contributed by atoms with Crippen LogP contribution >= 0.6 is 0 Å². The molecule has 21 heavy (non-hydrogen) atoms. The summed E-state index contributed by atoms with van der Waals surface area (Å²) in [5.41, 5.74) is 0.792. The van der Waals surface area contributed by atoms with Crippen molar-refractivity contribution in [3.63, 3.8) is 0 Å². The van der Waals surface area contributed by atoms with Crippen molar-refractivity contribution in [3.05, 3.63) is 18.3 Å². The van der Waals surface area contributed by atoms with Crippen LogP contribution in [0.4, 0.5) is 11.5 Å². The summed E-state index contributed by atoms with van der Waals surface area (Å²) in [6.45, 7) is 6.06. The van der Waals surface area contributed by atoms with Gasteiger partial charge in [0.25, 0.3) is 0 Å². The normalized spacial score (nSPS) is 20.7. The molecule has 1 unspecified atom stereocenters. The SMILES string of the molecule is CC(C(=O)Nc1ccc(N2CCCCC2)nc1)C1CNC1. The first kappa shape index (κ1) is 14.3. The molecule has 2 N–H and O–H groups in total. The van der Waals surface area contributed by atoms with E-state index in [0.29, 0.717) is 5.92 Å². The van der Waals surface area contributed by atoms with Gasteiger partial charge in [-0.2, -0.15) is 0 Å². The summed E-state index contributed by atoms with van der Waals surface area (Å²) in [6, 6.07) is 3.97. The lowest BCUT2D eigenvalue weighted by molar-refractivity contribution is -0.121. The molecule has 5 heteroatoms. The number of carbonyl (C=O) groups is 1.